The fourth-order valence-corrected chi connectivity index (χ4v) is 3.32. The first-order chi connectivity index (χ1) is 8.42. The summed E-state index contributed by atoms with van der Waals surface area (Å²) in [6, 6.07) is 0.432. The molecular weight excluding hydrogens is 244 g/mol. The number of aryl methyl sites for hydroxylation is 2. The van der Waals surface area contributed by atoms with E-state index in [-0.39, 0.29) is 5.54 Å². The summed E-state index contributed by atoms with van der Waals surface area (Å²) in [7, 11) is 1.75. The van der Waals surface area contributed by atoms with Crippen molar-refractivity contribution in [3.8, 4) is 0 Å². The van der Waals surface area contributed by atoms with Crippen molar-refractivity contribution in [2.45, 2.75) is 59.0 Å². The molecule has 1 aromatic rings. The second-order valence-electron chi connectivity index (χ2n) is 5.25. The zero-order chi connectivity index (χ0) is 13.8. The van der Waals surface area contributed by atoms with Gasteiger partial charge in [0.05, 0.1) is 11.2 Å². The molecule has 1 unspecified atom stereocenters. The molecule has 1 aromatic heterocycles. The summed E-state index contributed by atoms with van der Waals surface area (Å²) >= 11 is 1.81. The SMILES string of the molecule is CCc1nc(C(C)(CCOC)NC(C)C)sc1C. The Labute approximate surface area is 115 Å². The minimum absolute atomic E-state index is 0.0903. The quantitative estimate of drug-likeness (QED) is 0.826. The highest BCUT2D eigenvalue weighted by molar-refractivity contribution is 7.11. The predicted molar refractivity (Wildman–Crippen MR) is 78.3 cm³/mol. The summed E-state index contributed by atoms with van der Waals surface area (Å²) in [6.45, 7) is 11.6. The molecule has 0 aliphatic carbocycles. The fourth-order valence-electron chi connectivity index (χ4n) is 2.18. The molecule has 1 heterocycles. The van der Waals surface area contributed by atoms with Crippen molar-refractivity contribution in [2.75, 3.05) is 13.7 Å². The van der Waals surface area contributed by atoms with Crippen LogP contribution < -0.4 is 5.32 Å². The molecule has 0 saturated heterocycles. The molecule has 0 bridgehead atoms. The van der Waals surface area contributed by atoms with Crippen LogP contribution in [0.3, 0.4) is 0 Å². The van der Waals surface area contributed by atoms with Gasteiger partial charge in [0.25, 0.3) is 0 Å². The standard InChI is InChI=1S/C14H26N2OS/c1-7-12-11(4)18-13(15-12)14(5,8-9-17-6)16-10(2)3/h10,16H,7-9H2,1-6H3. The molecule has 1 rings (SSSR count). The maximum absolute atomic E-state index is 5.24. The van der Waals surface area contributed by atoms with Gasteiger partial charge in [-0.2, -0.15) is 0 Å². The molecule has 18 heavy (non-hydrogen) atoms. The molecular formula is C14H26N2OS. The highest BCUT2D eigenvalue weighted by Gasteiger charge is 2.30. The Morgan fingerprint density at radius 1 is 1.44 bits per heavy atom. The van der Waals surface area contributed by atoms with Gasteiger partial charge >= 0.3 is 0 Å². The molecule has 104 valence electrons. The lowest BCUT2D eigenvalue weighted by Crippen LogP contribution is -2.44. The summed E-state index contributed by atoms with van der Waals surface area (Å²) in [5.41, 5.74) is 1.14. The summed E-state index contributed by atoms with van der Waals surface area (Å²) in [6.07, 6.45) is 1.95. The van der Waals surface area contributed by atoms with E-state index in [1.54, 1.807) is 7.11 Å². The summed E-state index contributed by atoms with van der Waals surface area (Å²) < 4.78 is 5.24. The number of rotatable bonds is 7. The molecule has 0 amide bonds. The lowest BCUT2D eigenvalue weighted by atomic mass is 9.98. The molecule has 1 atom stereocenters. The van der Waals surface area contributed by atoms with Crippen LogP contribution in [0.1, 0.15) is 49.7 Å². The average Bonchev–Trinajstić information content (AvgIpc) is 2.67. The number of hydrogen-bond donors (Lipinski definition) is 1. The molecule has 0 aliphatic rings. The first-order valence-electron chi connectivity index (χ1n) is 6.66. The molecule has 0 radical (unpaired) electrons. The van der Waals surface area contributed by atoms with E-state index in [0.717, 1.165) is 19.4 Å². The third kappa shape index (κ3) is 3.77. The number of hydrogen-bond acceptors (Lipinski definition) is 4. The van der Waals surface area contributed by atoms with Gasteiger partial charge in [0, 0.05) is 24.6 Å². The normalized spacial score (nSPS) is 15.1. The summed E-state index contributed by atoms with van der Waals surface area (Å²) in [5, 5.41) is 4.82. The minimum Gasteiger partial charge on any atom is -0.385 e. The molecule has 1 N–H and O–H groups in total. The van der Waals surface area contributed by atoms with E-state index in [2.05, 4.69) is 39.9 Å². The smallest absolute Gasteiger partial charge is 0.113 e. The molecule has 3 nitrogen and oxygen atoms in total. The van der Waals surface area contributed by atoms with Crippen molar-refractivity contribution in [2.24, 2.45) is 0 Å². The topological polar surface area (TPSA) is 34.1 Å². The van der Waals surface area contributed by atoms with E-state index in [4.69, 9.17) is 9.72 Å². The van der Waals surface area contributed by atoms with Gasteiger partial charge in [-0.1, -0.05) is 6.92 Å². The molecule has 0 fully saturated rings. The van der Waals surface area contributed by atoms with Crippen LogP contribution in [0, 0.1) is 6.92 Å². The second-order valence-corrected chi connectivity index (χ2v) is 6.45. The zero-order valence-electron chi connectivity index (χ0n) is 12.5. The maximum atomic E-state index is 5.24. The number of methoxy groups -OCH3 is 1. The lowest BCUT2D eigenvalue weighted by Gasteiger charge is -2.31. The maximum Gasteiger partial charge on any atom is 0.113 e. The van der Waals surface area contributed by atoms with Crippen LogP contribution in [0.25, 0.3) is 0 Å². The average molecular weight is 270 g/mol. The molecule has 0 aromatic carbocycles. The monoisotopic (exact) mass is 270 g/mol. The third-order valence-corrected chi connectivity index (χ3v) is 4.39. The fraction of sp³-hybridized carbons (Fsp3) is 0.786. The van der Waals surface area contributed by atoms with Crippen LogP contribution >= 0.6 is 11.3 Å². The lowest BCUT2D eigenvalue weighted by molar-refractivity contribution is 0.155. The number of nitrogens with zero attached hydrogens (tertiary/aromatic N) is 1. The number of ether oxygens (including phenoxy) is 1. The van der Waals surface area contributed by atoms with Crippen LogP contribution in [-0.2, 0) is 16.7 Å². The van der Waals surface area contributed by atoms with E-state index in [1.165, 1.54) is 15.6 Å². The van der Waals surface area contributed by atoms with E-state index in [1.807, 2.05) is 11.3 Å². The highest BCUT2D eigenvalue weighted by Crippen LogP contribution is 2.31. The van der Waals surface area contributed by atoms with Gasteiger partial charge in [0.1, 0.15) is 5.01 Å². The zero-order valence-corrected chi connectivity index (χ0v) is 13.3. The van der Waals surface area contributed by atoms with E-state index in [0.29, 0.717) is 6.04 Å². The first-order valence-corrected chi connectivity index (χ1v) is 7.48. The minimum atomic E-state index is -0.0903. The summed E-state index contributed by atoms with van der Waals surface area (Å²) in [5.74, 6) is 0. The Bertz CT molecular complexity index is 376. The number of aromatic nitrogens is 1. The third-order valence-electron chi connectivity index (χ3n) is 3.11. The molecule has 4 heteroatoms. The van der Waals surface area contributed by atoms with Gasteiger partial charge in [-0.15, -0.1) is 11.3 Å². The second kappa shape index (κ2) is 6.64. The number of thiazole rings is 1. The van der Waals surface area contributed by atoms with Crippen LogP contribution in [-0.4, -0.2) is 24.7 Å². The Morgan fingerprint density at radius 3 is 2.56 bits per heavy atom. The van der Waals surface area contributed by atoms with Gasteiger partial charge < -0.3 is 10.1 Å². The van der Waals surface area contributed by atoms with Crippen molar-refractivity contribution < 1.29 is 4.74 Å². The van der Waals surface area contributed by atoms with Crippen LogP contribution in [0.4, 0.5) is 0 Å². The molecule has 0 saturated carbocycles. The van der Waals surface area contributed by atoms with E-state index >= 15 is 0 Å². The van der Waals surface area contributed by atoms with E-state index in [9.17, 15) is 0 Å². The van der Waals surface area contributed by atoms with Gasteiger partial charge in [-0.25, -0.2) is 4.98 Å². The largest absolute Gasteiger partial charge is 0.385 e. The van der Waals surface area contributed by atoms with Crippen LogP contribution in [0.15, 0.2) is 0 Å². The summed E-state index contributed by atoms with van der Waals surface area (Å²) in [4.78, 5) is 6.14. The van der Waals surface area contributed by atoms with Crippen molar-refractivity contribution >= 4 is 11.3 Å². The Morgan fingerprint density at radius 2 is 2.11 bits per heavy atom. The van der Waals surface area contributed by atoms with Gasteiger partial charge in [-0.3, -0.25) is 0 Å². The Balaban J connectivity index is 2.99. The Hall–Kier alpha value is -0.450. The van der Waals surface area contributed by atoms with Crippen molar-refractivity contribution in [1.29, 1.82) is 0 Å². The van der Waals surface area contributed by atoms with Crippen molar-refractivity contribution in [3.05, 3.63) is 15.6 Å². The van der Waals surface area contributed by atoms with Crippen LogP contribution in [0.5, 0.6) is 0 Å². The van der Waals surface area contributed by atoms with Crippen LogP contribution in [0.2, 0.25) is 0 Å². The first kappa shape index (κ1) is 15.6. The van der Waals surface area contributed by atoms with Gasteiger partial charge in [-0.05, 0) is 40.5 Å². The molecule has 0 spiro atoms. The Kier molecular flexibility index (Phi) is 5.76. The van der Waals surface area contributed by atoms with Gasteiger partial charge in [0.2, 0.25) is 0 Å². The van der Waals surface area contributed by atoms with Crippen molar-refractivity contribution in [1.82, 2.24) is 10.3 Å². The predicted octanol–water partition coefficient (Wildman–Crippen LogP) is 3.26. The van der Waals surface area contributed by atoms with E-state index < -0.39 is 0 Å². The highest BCUT2D eigenvalue weighted by atomic mass is 32.1. The van der Waals surface area contributed by atoms with Crippen molar-refractivity contribution in [3.63, 3.8) is 0 Å². The van der Waals surface area contributed by atoms with Gasteiger partial charge in [0.15, 0.2) is 0 Å². The molecule has 0 aliphatic heterocycles. The number of nitrogens with one attached hydrogen (secondary N) is 1.